The number of para-hydroxylation sites is 1. The summed E-state index contributed by atoms with van der Waals surface area (Å²) in [4.78, 5) is 0. The molecule has 2 rings (SSSR count). The van der Waals surface area contributed by atoms with Crippen LogP contribution in [0, 0.1) is 0 Å². The van der Waals surface area contributed by atoms with E-state index in [-0.39, 0.29) is 6.29 Å². The van der Waals surface area contributed by atoms with E-state index < -0.39 is 0 Å². The number of hydrogen-bond acceptors (Lipinski definition) is 3. The Morgan fingerprint density at radius 1 is 1.28 bits per heavy atom. The lowest BCUT2D eigenvalue weighted by atomic mass is 10.1. The van der Waals surface area contributed by atoms with Crippen LogP contribution in [0.3, 0.4) is 0 Å². The maximum absolute atomic E-state index is 5.68. The van der Waals surface area contributed by atoms with Crippen molar-refractivity contribution < 1.29 is 14.2 Å². The number of benzene rings is 1. The molecule has 1 aliphatic rings. The summed E-state index contributed by atoms with van der Waals surface area (Å²) in [7, 11) is 0. The Morgan fingerprint density at radius 2 is 2.00 bits per heavy atom. The van der Waals surface area contributed by atoms with Crippen molar-refractivity contribution in [1.82, 2.24) is 0 Å². The molecule has 0 radical (unpaired) electrons. The number of rotatable bonds is 5. The van der Waals surface area contributed by atoms with Gasteiger partial charge in [-0.3, -0.25) is 0 Å². The third-order valence-electron chi connectivity index (χ3n) is 2.60. The van der Waals surface area contributed by atoms with E-state index in [1.54, 1.807) is 6.08 Å². The molecule has 0 aliphatic carbocycles. The SMILES string of the molecule is CCOC(C=C=C1Cc2ccccc2O1)OCC. The minimum Gasteiger partial charge on any atom is -0.453 e. The van der Waals surface area contributed by atoms with E-state index in [1.807, 2.05) is 32.0 Å². The molecule has 1 aromatic rings. The molecule has 1 aromatic carbocycles. The van der Waals surface area contributed by atoms with Crippen LogP contribution in [-0.4, -0.2) is 19.5 Å². The molecule has 96 valence electrons. The smallest absolute Gasteiger partial charge is 0.184 e. The van der Waals surface area contributed by atoms with Gasteiger partial charge in [-0.15, -0.1) is 0 Å². The molecule has 18 heavy (non-hydrogen) atoms. The summed E-state index contributed by atoms with van der Waals surface area (Å²) in [5.74, 6) is 1.72. The van der Waals surface area contributed by atoms with Crippen molar-refractivity contribution in [2.45, 2.75) is 26.6 Å². The van der Waals surface area contributed by atoms with Gasteiger partial charge in [0.25, 0.3) is 0 Å². The maximum Gasteiger partial charge on any atom is 0.184 e. The molecule has 0 bridgehead atoms. The largest absolute Gasteiger partial charge is 0.453 e. The molecule has 0 fully saturated rings. The lowest BCUT2D eigenvalue weighted by Crippen LogP contribution is -2.13. The molecule has 0 saturated heterocycles. The molecule has 0 aromatic heterocycles. The topological polar surface area (TPSA) is 27.7 Å². The van der Waals surface area contributed by atoms with Gasteiger partial charge in [0.05, 0.1) is 0 Å². The van der Waals surface area contributed by atoms with Crippen LogP contribution >= 0.6 is 0 Å². The second kappa shape index (κ2) is 6.41. The van der Waals surface area contributed by atoms with Crippen molar-refractivity contribution in [2.75, 3.05) is 13.2 Å². The first kappa shape index (κ1) is 12.9. The molecule has 3 nitrogen and oxygen atoms in total. The van der Waals surface area contributed by atoms with E-state index in [9.17, 15) is 0 Å². The molecule has 0 saturated carbocycles. The molecular formula is C15H18O3. The highest BCUT2D eigenvalue weighted by Gasteiger charge is 2.15. The van der Waals surface area contributed by atoms with Gasteiger partial charge in [-0.25, -0.2) is 0 Å². The van der Waals surface area contributed by atoms with E-state index in [2.05, 4.69) is 11.8 Å². The molecule has 1 heterocycles. The fraction of sp³-hybridized carbons (Fsp3) is 0.400. The molecular weight excluding hydrogens is 228 g/mol. The van der Waals surface area contributed by atoms with Gasteiger partial charge >= 0.3 is 0 Å². The van der Waals surface area contributed by atoms with Crippen LogP contribution in [0.5, 0.6) is 5.75 Å². The molecule has 0 unspecified atom stereocenters. The lowest BCUT2D eigenvalue weighted by molar-refractivity contribution is -0.103. The fourth-order valence-corrected chi connectivity index (χ4v) is 1.81. The highest BCUT2D eigenvalue weighted by molar-refractivity contribution is 5.41. The van der Waals surface area contributed by atoms with Crippen LogP contribution in [-0.2, 0) is 15.9 Å². The first-order valence-corrected chi connectivity index (χ1v) is 6.28. The zero-order chi connectivity index (χ0) is 12.8. The minimum atomic E-state index is -0.347. The van der Waals surface area contributed by atoms with Crippen molar-refractivity contribution in [1.29, 1.82) is 0 Å². The predicted octanol–water partition coefficient (Wildman–Crippen LogP) is 3.06. The number of hydrogen-bond donors (Lipinski definition) is 0. The fourth-order valence-electron chi connectivity index (χ4n) is 1.81. The Hall–Kier alpha value is -1.54. The maximum atomic E-state index is 5.68. The van der Waals surface area contributed by atoms with Crippen LogP contribution < -0.4 is 4.74 Å². The van der Waals surface area contributed by atoms with E-state index in [0.717, 1.165) is 17.9 Å². The third-order valence-corrected chi connectivity index (χ3v) is 2.60. The zero-order valence-electron chi connectivity index (χ0n) is 10.8. The van der Waals surface area contributed by atoms with Gasteiger partial charge in [0.15, 0.2) is 12.0 Å². The summed E-state index contributed by atoms with van der Waals surface area (Å²) in [6, 6.07) is 8.01. The Balaban J connectivity index is 2.06. The number of ether oxygens (including phenoxy) is 3. The summed E-state index contributed by atoms with van der Waals surface area (Å²) in [5.41, 5.74) is 4.31. The standard InChI is InChI=1S/C15H18O3/c1-3-16-15(17-4-2)10-9-13-11-12-7-5-6-8-14(12)18-13/h5-8,10,15H,3-4,11H2,1-2H3. The summed E-state index contributed by atoms with van der Waals surface area (Å²) in [6.07, 6.45) is 2.20. The average molecular weight is 246 g/mol. The van der Waals surface area contributed by atoms with Gasteiger partial charge in [-0.05, 0) is 19.9 Å². The first-order valence-electron chi connectivity index (χ1n) is 6.28. The van der Waals surface area contributed by atoms with E-state index in [0.29, 0.717) is 13.2 Å². The van der Waals surface area contributed by atoms with Crippen molar-refractivity contribution in [3.63, 3.8) is 0 Å². The van der Waals surface area contributed by atoms with Gasteiger partial charge in [-0.1, -0.05) is 23.9 Å². The Kier molecular flexibility index (Phi) is 4.59. The van der Waals surface area contributed by atoms with Crippen LogP contribution in [0.15, 0.2) is 41.8 Å². The lowest BCUT2D eigenvalue weighted by Gasteiger charge is -2.10. The van der Waals surface area contributed by atoms with Crippen molar-refractivity contribution >= 4 is 0 Å². The summed E-state index contributed by atoms with van der Waals surface area (Å²) in [6.45, 7) is 5.10. The molecule has 0 amide bonds. The monoisotopic (exact) mass is 246 g/mol. The van der Waals surface area contributed by atoms with Gasteiger partial charge in [-0.2, -0.15) is 0 Å². The Labute approximate surface area is 108 Å². The third kappa shape index (κ3) is 3.23. The second-order valence-electron chi connectivity index (χ2n) is 3.90. The predicted molar refractivity (Wildman–Crippen MR) is 69.4 cm³/mol. The Morgan fingerprint density at radius 3 is 2.67 bits per heavy atom. The molecule has 0 N–H and O–H groups in total. The normalized spacial score (nSPS) is 13.2. The van der Waals surface area contributed by atoms with Crippen LogP contribution in [0.4, 0.5) is 0 Å². The van der Waals surface area contributed by atoms with E-state index in [4.69, 9.17) is 14.2 Å². The quantitative estimate of drug-likeness (QED) is 0.590. The van der Waals surface area contributed by atoms with Gasteiger partial charge < -0.3 is 14.2 Å². The minimum absolute atomic E-state index is 0.347. The van der Waals surface area contributed by atoms with Crippen molar-refractivity contribution in [3.05, 3.63) is 47.4 Å². The van der Waals surface area contributed by atoms with Crippen LogP contribution in [0.2, 0.25) is 0 Å². The molecule has 0 atom stereocenters. The Bertz CT molecular complexity index is 426. The summed E-state index contributed by atoms with van der Waals surface area (Å²) in [5, 5.41) is 0. The van der Waals surface area contributed by atoms with Gasteiger partial charge in [0.1, 0.15) is 5.75 Å². The highest BCUT2D eigenvalue weighted by atomic mass is 16.7. The molecule has 3 heteroatoms. The summed E-state index contributed by atoms with van der Waals surface area (Å²) < 4.78 is 16.5. The zero-order valence-corrected chi connectivity index (χ0v) is 10.8. The number of fused-ring (bicyclic) bond motifs is 1. The summed E-state index contributed by atoms with van der Waals surface area (Å²) >= 11 is 0. The van der Waals surface area contributed by atoms with E-state index >= 15 is 0 Å². The highest BCUT2D eigenvalue weighted by Crippen LogP contribution is 2.29. The van der Waals surface area contributed by atoms with Crippen LogP contribution in [0.1, 0.15) is 19.4 Å². The van der Waals surface area contributed by atoms with Gasteiger partial charge in [0.2, 0.25) is 0 Å². The average Bonchev–Trinajstić information content (AvgIpc) is 2.79. The molecule has 1 aliphatic heterocycles. The first-order chi connectivity index (χ1) is 8.83. The van der Waals surface area contributed by atoms with Crippen molar-refractivity contribution in [2.24, 2.45) is 0 Å². The molecule has 0 spiro atoms. The van der Waals surface area contributed by atoms with E-state index in [1.165, 1.54) is 5.56 Å². The van der Waals surface area contributed by atoms with Crippen LogP contribution in [0.25, 0.3) is 0 Å². The second-order valence-corrected chi connectivity index (χ2v) is 3.90. The van der Waals surface area contributed by atoms with Crippen molar-refractivity contribution in [3.8, 4) is 5.75 Å². The van der Waals surface area contributed by atoms with Gasteiger partial charge in [0, 0.05) is 31.3 Å².